The van der Waals surface area contributed by atoms with Gasteiger partial charge >= 0.3 is 0 Å². The van der Waals surface area contributed by atoms with Gasteiger partial charge < -0.3 is 15.2 Å². The number of halogens is 3. The maximum absolute atomic E-state index is 14.4. The number of H-pyrrole nitrogens is 1. The van der Waals surface area contributed by atoms with Crippen LogP contribution < -0.4 is 5.32 Å². The highest BCUT2D eigenvalue weighted by Gasteiger charge is 2.34. The fourth-order valence-corrected chi connectivity index (χ4v) is 4.25. The second kappa shape index (κ2) is 8.14. The van der Waals surface area contributed by atoms with Crippen molar-refractivity contribution in [3.05, 3.63) is 59.4 Å². The average molecular weight is 415 g/mol. The first-order valence-electron chi connectivity index (χ1n) is 9.99. The average Bonchev–Trinajstić information content (AvgIpc) is 3.00. The molecule has 0 bridgehead atoms. The van der Waals surface area contributed by atoms with Crippen molar-refractivity contribution in [2.45, 2.75) is 18.8 Å². The minimum Gasteiger partial charge on any atom is -0.355 e. The summed E-state index contributed by atoms with van der Waals surface area (Å²) < 4.78 is 41.8. The lowest BCUT2D eigenvalue weighted by molar-refractivity contribution is -0.122. The number of carbonyl (C=O) groups excluding carboxylic acids is 1. The fraction of sp³-hybridized carbons (Fsp3) is 0.348. The number of hydrogen-bond acceptors (Lipinski definition) is 2. The van der Waals surface area contributed by atoms with E-state index in [1.807, 2.05) is 19.0 Å². The minimum atomic E-state index is -0.647. The zero-order valence-corrected chi connectivity index (χ0v) is 16.9. The third-order valence-electron chi connectivity index (χ3n) is 5.69. The molecule has 2 N–H and O–H groups in total. The number of nitrogens with zero attached hydrogens (tertiary/aromatic N) is 1. The number of nitrogens with one attached hydrogen (secondary N) is 2. The van der Waals surface area contributed by atoms with Gasteiger partial charge in [0.05, 0.1) is 17.8 Å². The van der Waals surface area contributed by atoms with Gasteiger partial charge in [0.25, 0.3) is 0 Å². The van der Waals surface area contributed by atoms with Gasteiger partial charge in [0.2, 0.25) is 5.91 Å². The molecule has 1 aliphatic carbocycles. The number of likely N-dealkylation sites (N-methyl/N-ethyl adjacent to an activating group) is 1. The van der Waals surface area contributed by atoms with Crippen molar-refractivity contribution in [1.29, 1.82) is 0 Å². The van der Waals surface area contributed by atoms with E-state index in [1.165, 1.54) is 18.2 Å². The van der Waals surface area contributed by atoms with E-state index in [-0.39, 0.29) is 23.2 Å². The summed E-state index contributed by atoms with van der Waals surface area (Å²) in [5.74, 6) is -1.23. The quantitative estimate of drug-likeness (QED) is 0.626. The Labute approximate surface area is 173 Å². The van der Waals surface area contributed by atoms with Crippen LogP contribution in [0.2, 0.25) is 0 Å². The maximum Gasteiger partial charge on any atom is 0.234 e. The van der Waals surface area contributed by atoms with Crippen LogP contribution in [0, 0.1) is 23.4 Å². The topological polar surface area (TPSA) is 48.1 Å². The van der Waals surface area contributed by atoms with Crippen LogP contribution in [0.15, 0.2) is 36.4 Å². The third-order valence-corrected chi connectivity index (χ3v) is 5.69. The van der Waals surface area contributed by atoms with Crippen LogP contribution in [0.4, 0.5) is 13.2 Å². The maximum atomic E-state index is 14.4. The molecule has 2 aromatic carbocycles. The Balaban J connectivity index is 1.60. The van der Waals surface area contributed by atoms with E-state index in [4.69, 9.17) is 0 Å². The Kier molecular flexibility index (Phi) is 5.56. The third kappa shape index (κ3) is 4.07. The van der Waals surface area contributed by atoms with Crippen LogP contribution in [0.25, 0.3) is 22.2 Å². The lowest BCUT2D eigenvalue weighted by atomic mass is 9.70. The zero-order valence-electron chi connectivity index (χ0n) is 16.9. The van der Waals surface area contributed by atoms with Crippen molar-refractivity contribution in [3.63, 3.8) is 0 Å². The number of hydrogen-bond donors (Lipinski definition) is 2. The van der Waals surface area contributed by atoms with Gasteiger partial charge in [0.15, 0.2) is 0 Å². The second-order valence-electron chi connectivity index (χ2n) is 8.31. The molecule has 0 aliphatic heterocycles. The Hall–Kier alpha value is -2.80. The molecule has 1 heterocycles. The van der Waals surface area contributed by atoms with Crippen LogP contribution in [-0.4, -0.2) is 43.0 Å². The fourth-order valence-electron chi connectivity index (χ4n) is 4.25. The number of benzene rings is 2. The van der Waals surface area contributed by atoms with Crippen LogP contribution in [0.3, 0.4) is 0 Å². The monoisotopic (exact) mass is 415 g/mol. The van der Waals surface area contributed by atoms with Crippen LogP contribution in [0.5, 0.6) is 0 Å². The molecule has 1 aromatic heterocycles. The lowest BCUT2D eigenvalue weighted by Gasteiger charge is -2.36. The number of aromatic amines is 1. The van der Waals surface area contributed by atoms with Crippen LogP contribution in [0.1, 0.15) is 24.3 Å². The van der Waals surface area contributed by atoms with E-state index in [0.29, 0.717) is 30.1 Å². The van der Waals surface area contributed by atoms with Crippen molar-refractivity contribution in [3.8, 4) is 11.3 Å². The molecule has 0 saturated heterocycles. The molecule has 0 radical (unpaired) electrons. The van der Waals surface area contributed by atoms with Crippen molar-refractivity contribution in [1.82, 2.24) is 15.2 Å². The molecule has 1 fully saturated rings. The summed E-state index contributed by atoms with van der Waals surface area (Å²) in [7, 11) is 3.68. The summed E-state index contributed by atoms with van der Waals surface area (Å²) in [6.45, 7) is 0.923. The van der Waals surface area contributed by atoms with E-state index >= 15 is 0 Å². The van der Waals surface area contributed by atoms with Gasteiger partial charge in [-0.3, -0.25) is 4.79 Å². The number of carbonyl (C=O) groups is 1. The number of aromatic nitrogens is 1. The van der Waals surface area contributed by atoms with Crippen molar-refractivity contribution in [2.75, 3.05) is 27.2 Å². The molecule has 0 atom stereocenters. The summed E-state index contributed by atoms with van der Waals surface area (Å²) in [5.41, 5.74) is 2.53. The number of rotatable bonds is 6. The molecule has 3 aromatic rings. The molecule has 1 saturated carbocycles. The normalized spacial score (nSPS) is 18.6. The molecular formula is C23H24F3N3O. The molecule has 7 heteroatoms. The first-order valence-corrected chi connectivity index (χ1v) is 9.99. The molecule has 0 unspecified atom stereocenters. The molecule has 1 aliphatic rings. The number of fused-ring (bicyclic) bond motifs is 1. The van der Waals surface area contributed by atoms with Gasteiger partial charge in [-0.1, -0.05) is 0 Å². The van der Waals surface area contributed by atoms with Gasteiger partial charge in [-0.2, -0.15) is 0 Å². The van der Waals surface area contributed by atoms with Gasteiger partial charge in [-0.25, -0.2) is 13.2 Å². The summed E-state index contributed by atoms with van der Waals surface area (Å²) in [4.78, 5) is 16.8. The highest BCUT2D eigenvalue weighted by atomic mass is 19.1. The lowest BCUT2D eigenvalue weighted by Crippen LogP contribution is -2.39. The van der Waals surface area contributed by atoms with E-state index in [1.54, 1.807) is 12.1 Å². The largest absolute Gasteiger partial charge is 0.355 e. The molecule has 30 heavy (non-hydrogen) atoms. The van der Waals surface area contributed by atoms with E-state index in [2.05, 4.69) is 10.3 Å². The Morgan fingerprint density at radius 1 is 1.10 bits per heavy atom. The SMILES string of the molecule is CN(C)CC(=O)NC[C@H]1C[C@@H](c2c(-c3ccc(F)cc3)[nH]c3c(F)cc(F)cc32)C1. The summed E-state index contributed by atoms with van der Waals surface area (Å²) in [5, 5.41) is 3.46. The van der Waals surface area contributed by atoms with E-state index in [9.17, 15) is 18.0 Å². The van der Waals surface area contributed by atoms with Gasteiger partial charge in [0, 0.05) is 18.0 Å². The molecule has 4 rings (SSSR count). The molecule has 4 nitrogen and oxygen atoms in total. The molecule has 158 valence electrons. The molecule has 0 spiro atoms. The highest BCUT2D eigenvalue weighted by Crippen LogP contribution is 2.48. The predicted octanol–water partition coefficient (Wildman–Crippen LogP) is 4.42. The van der Waals surface area contributed by atoms with Crippen molar-refractivity contribution < 1.29 is 18.0 Å². The number of amides is 1. The van der Waals surface area contributed by atoms with Gasteiger partial charge in [0.1, 0.15) is 17.5 Å². The smallest absolute Gasteiger partial charge is 0.234 e. The first-order chi connectivity index (χ1) is 14.3. The van der Waals surface area contributed by atoms with Gasteiger partial charge in [-0.05, 0) is 80.2 Å². The summed E-state index contributed by atoms with van der Waals surface area (Å²) >= 11 is 0. The minimum absolute atomic E-state index is 0.0216. The first kappa shape index (κ1) is 20.5. The van der Waals surface area contributed by atoms with Crippen molar-refractivity contribution in [2.24, 2.45) is 5.92 Å². The molecule has 1 amide bonds. The zero-order chi connectivity index (χ0) is 21.4. The standard InChI is InChI=1S/C23H24F3N3O/c1-29(2)12-20(30)27-11-13-7-15(8-13)21-18-9-17(25)10-19(26)23(18)28-22(21)14-3-5-16(24)6-4-14/h3-6,9-10,13,15,28H,7-8,11-12H2,1-2H3,(H,27,30)/t13-,15+. The van der Waals surface area contributed by atoms with Crippen molar-refractivity contribution >= 4 is 16.8 Å². The second-order valence-corrected chi connectivity index (χ2v) is 8.31. The Bertz CT molecular complexity index is 1070. The molecular weight excluding hydrogens is 391 g/mol. The predicted molar refractivity (Wildman–Crippen MR) is 111 cm³/mol. The van der Waals surface area contributed by atoms with E-state index in [0.717, 1.165) is 30.0 Å². The summed E-state index contributed by atoms with van der Waals surface area (Å²) in [6.07, 6.45) is 1.61. The van der Waals surface area contributed by atoms with E-state index < -0.39 is 11.6 Å². The Morgan fingerprint density at radius 3 is 2.47 bits per heavy atom. The van der Waals surface area contributed by atoms with Crippen LogP contribution in [-0.2, 0) is 4.79 Å². The summed E-state index contributed by atoms with van der Waals surface area (Å²) in [6, 6.07) is 8.19. The van der Waals surface area contributed by atoms with Crippen LogP contribution >= 0.6 is 0 Å². The highest BCUT2D eigenvalue weighted by molar-refractivity contribution is 5.92. The van der Waals surface area contributed by atoms with Gasteiger partial charge in [-0.15, -0.1) is 0 Å². The Morgan fingerprint density at radius 2 is 1.80 bits per heavy atom.